The standard InChI is InChI=1S/C61H40N4Si/c62-41-42-34-36-52-50-27-11-15-32-57(50)65(59(52)38-42)58-33-17-29-54-51-28-12-14-31-56(51)64(61(54)58)44-35-37-53-49-26-10-13-30-55(49)63(60(53)40-44)43-18-16-25-48(39-43)66(45-19-4-1-5-20-45,46-21-6-2-7-22-46)47-23-8-3-9-24-47/h1-40H. The van der Waals surface area contributed by atoms with Gasteiger partial charge in [-0.3, -0.25) is 0 Å². The molecule has 0 atom stereocenters. The van der Waals surface area contributed by atoms with Gasteiger partial charge in [-0.25, -0.2) is 0 Å². The topological polar surface area (TPSA) is 38.6 Å². The van der Waals surface area contributed by atoms with Gasteiger partial charge in [-0.05, 0) is 81.4 Å². The lowest BCUT2D eigenvalue weighted by atomic mass is 10.1. The molecular formula is C61H40N4Si. The summed E-state index contributed by atoms with van der Waals surface area (Å²) in [5.41, 5.74) is 10.5. The van der Waals surface area contributed by atoms with E-state index in [0.717, 1.165) is 60.9 Å². The number of hydrogen-bond donors (Lipinski definition) is 0. The fourth-order valence-corrected chi connectivity index (χ4v) is 15.9. The van der Waals surface area contributed by atoms with Crippen LogP contribution in [-0.2, 0) is 0 Å². The second-order valence-electron chi connectivity index (χ2n) is 17.2. The first-order chi connectivity index (χ1) is 32.7. The molecule has 0 fully saturated rings. The van der Waals surface area contributed by atoms with Crippen molar-refractivity contribution in [2.75, 3.05) is 0 Å². The van der Waals surface area contributed by atoms with Crippen LogP contribution in [-0.4, -0.2) is 21.8 Å². The van der Waals surface area contributed by atoms with Crippen molar-refractivity contribution in [2.24, 2.45) is 0 Å². The van der Waals surface area contributed by atoms with Gasteiger partial charge in [0.2, 0.25) is 0 Å². The summed E-state index contributed by atoms with van der Waals surface area (Å²) in [5.74, 6) is 0. The zero-order valence-electron chi connectivity index (χ0n) is 35.9. The predicted molar refractivity (Wildman–Crippen MR) is 278 cm³/mol. The fourth-order valence-electron chi connectivity index (χ4n) is 11.1. The maximum atomic E-state index is 10.1. The van der Waals surface area contributed by atoms with E-state index in [1.165, 1.54) is 42.3 Å². The Labute approximate surface area is 382 Å². The van der Waals surface area contributed by atoms with E-state index in [0.29, 0.717) is 5.56 Å². The maximum Gasteiger partial charge on any atom is 0.179 e. The summed E-state index contributed by atoms with van der Waals surface area (Å²) >= 11 is 0. The largest absolute Gasteiger partial charge is 0.309 e. The lowest BCUT2D eigenvalue weighted by Gasteiger charge is -2.34. The summed E-state index contributed by atoms with van der Waals surface area (Å²) in [5, 5.41) is 22.5. The minimum Gasteiger partial charge on any atom is -0.309 e. The molecule has 0 spiro atoms. The molecule has 0 aliphatic heterocycles. The molecule has 0 saturated carbocycles. The van der Waals surface area contributed by atoms with E-state index in [9.17, 15) is 5.26 Å². The monoisotopic (exact) mass is 856 g/mol. The van der Waals surface area contributed by atoms with Gasteiger partial charge in [0.05, 0.1) is 50.4 Å². The third kappa shape index (κ3) is 5.49. The predicted octanol–water partition coefficient (Wildman–Crippen LogP) is 12.2. The molecule has 0 saturated heterocycles. The highest BCUT2D eigenvalue weighted by Crippen LogP contribution is 2.41. The highest BCUT2D eigenvalue weighted by molar-refractivity contribution is 7.19. The Kier molecular flexibility index (Phi) is 8.57. The van der Waals surface area contributed by atoms with Crippen molar-refractivity contribution < 1.29 is 0 Å². The van der Waals surface area contributed by atoms with E-state index in [-0.39, 0.29) is 0 Å². The van der Waals surface area contributed by atoms with E-state index in [1.54, 1.807) is 0 Å². The maximum absolute atomic E-state index is 10.1. The number of aromatic nitrogens is 3. The zero-order valence-corrected chi connectivity index (χ0v) is 36.9. The van der Waals surface area contributed by atoms with Gasteiger partial charge in [-0.2, -0.15) is 5.26 Å². The number of nitrogens with zero attached hydrogens (tertiary/aromatic N) is 4. The molecule has 0 unspecified atom stereocenters. The number of benzene rings is 10. The van der Waals surface area contributed by atoms with Gasteiger partial charge in [0.25, 0.3) is 0 Å². The van der Waals surface area contributed by atoms with Crippen LogP contribution in [0.2, 0.25) is 0 Å². The third-order valence-electron chi connectivity index (χ3n) is 13.8. The van der Waals surface area contributed by atoms with Crippen LogP contribution in [0.1, 0.15) is 5.56 Å². The number of para-hydroxylation sites is 4. The highest BCUT2D eigenvalue weighted by Gasteiger charge is 2.41. The van der Waals surface area contributed by atoms with Crippen molar-refractivity contribution in [1.82, 2.24) is 13.7 Å². The summed E-state index contributed by atoms with van der Waals surface area (Å²) in [7, 11) is -2.81. The number of fused-ring (bicyclic) bond motifs is 9. The Morgan fingerprint density at radius 3 is 1.35 bits per heavy atom. The summed E-state index contributed by atoms with van der Waals surface area (Å²) in [6.45, 7) is 0. The van der Waals surface area contributed by atoms with Crippen molar-refractivity contribution in [3.63, 3.8) is 0 Å². The molecule has 0 N–H and O–H groups in total. The van der Waals surface area contributed by atoms with Crippen LogP contribution in [0, 0.1) is 11.3 Å². The van der Waals surface area contributed by atoms with Gasteiger partial charge < -0.3 is 13.7 Å². The molecule has 308 valence electrons. The van der Waals surface area contributed by atoms with Crippen LogP contribution in [0.5, 0.6) is 0 Å². The van der Waals surface area contributed by atoms with Crippen LogP contribution in [0.3, 0.4) is 0 Å². The molecule has 0 aliphatic rings. The van der Waals surface area contributed by atoms with Crippen molar-refractivity contribution in [3.8, 4) is 23.1 Å². The van der Waals surface area contributed by atoms with E-state index in [4.69, 9.17) is 0 Å². The first-order valence-electron chi connectivity index (χ1n) is 22.5. The van der Waals surface area contributed by atoms with Crippen LogP contribution < -0.4 is 20.7 Å². The van der Waals surface area contributed by atoms with Crippen molar-refractivity contribution in [1.29, 1.82) is 5.26 Å². The van der Waals surface area contributed by atoms with Gasteiger partial charge >= 0.3 is 0 Å². The van der Waals surface area contributed by atoms with E-state index in [2.05, 4.69) is 250 Å². The Hall–Kier alpha value is -8.69. The SMILES string of the molecule is N#Cc1ccc2c3ccccc3n(-c3cccc4c5ccccc5n(-c5ccc6c7ccccc7n(-c7cccc([Si](c8ccccc8)(c8ccccc8)c8ccccc8)c7)c6c5)c34)c2c1. The third-order valence-corrected chi connectivity index (χ3v) is 18.6. The van der Waals surface area contributed by atoms with E-state index < -0.39 is 8.07 Å². The Bertz CT molecular complexity index is 3960. The Morgan fingerprint density at radius 1 is 0.303 bits per heavy atom. The van der Waals surface area contributed by atoms with Crippen LogP contribution in [0.4, 0.5) is 0 Å². The number of nitriles is 1. The van der Waals surface area contributed by atoms with Crippen molar-refractivity contribution in [3.05, 3.63) is 248 Å². The van der Waals surface area contributed by atoms with E-state index >= 15 is 0 Å². The summed E-state index contributed by atoms with van der Waals surface area (Å²) in [4.78, 5) is 0. The van der Waals surface area contributed by atoms with Crippen LogP contribution in [0.15, 0.2) is 243 Å². The molecule has 4 nitrogen and oxygen atoms in total. The van der Waals surface area contributed by atoms with Crippen molar-refractivity contribution >= 4 is 94.2 Å². The molecule has 0 radical (unpaired) electrons. The normalized spacial score (nSPS) is 11.9. The molecular weight excluding hydrogens is 817 g/mol. The molecule has 0 amide bonds. The minimum atomic E-state index is -2.81. The van der Waals surface area contributed by atoms with Gasteiger partial charge in [0.1, 0.15) is 0 Å². The van der Waals surface area contributed by atoms with Gasteiger partial charge in [-0.15, -0.1) is 0 Å². The Balaban J connectivity index is 1.10. The van der Waals surface area contributed by atoms with Gasteiger partial charge in [-0.1, -0.05) is 182 Å². The van der Waals surface area contributed by atoms with E-state index in [1.807, 2.05) is 12.1 Å². The van der Waals surface area contributed by atoms with Crippen LogP contribution >= 0.6 is 0 Å². The minimum absolute atomic E-state index is 0.637. The molecule has 5 heteroatoms. The lowest BCUT2D eigenvalue weighted by molar-refractivity contribution is 1.13. The quantitative estimate of drug-likeness (QED) is 0.116. The first kappa shape index (κ1) is 37.8. The van der Waals surface area contributed by atoms with Gasteiger partial charge in [0.15, 0.2) is 8.07 Å². The average molecular weight is 857 g/mol. The highest BCUT2D eigenvalue weighted by atomic mass is 28.3. The summed E-state index contributed by atoms with van der Waals surface area (Å²) in [6.07, 6.45) is 0. The molecule has 3 aromatic heterocycles. The zero-order chi connectivity index (χ0) is 43.8. The number of rotatable bonds is 7. The molecule has 0 bridgehead atoms. The molecule has 13 aromatic rings. The molecule has 13 rings (SSSR count). The summed E-state index contributed by atoms with van der Waals surface area (Å²) < 4.78 is 7.28. The molecule has 0 aliphatic carbocycles. The molecule has 3 heterocycles. The Morgan fingerprint density at radius 2 is 0.742 bits per heavy atom. The molecule has 10 aromatic carbocycles. The second-order valence-corrected chi connectivity index (χ2v) is 21.0. The molecule has 66 heavy (non-hydrogen) atoms. The van der Waals surface area contributed by atoms with Gasteiger partial charge in [0, 0.05) is 43.7 Å². The fraction of sp³-hybridized carbons (Fsp3) is 0. The first-order valence-corrected chi connectivity index (χ1v) is 24.5. The number of hydrogen-bond acceptors (Lipinski definition) is 1. The lowest BCUT2D eigenvalue weighted by Crippen LogP contribution is -2.74. The summed E-state index contributed by atoms with van der Waals surface area (Å²) in [6, 6.07) is 91.0. The average Bonchev–Trinajstić information content (AvgIpc) is 4.03. The smallest absolute Gasteiger partial charge is 0.179 e. The van der Waals surface area contributed by atoms with Crippen LogP contribution in [0.25, 0.3) is 82.5 Å². The van der Waals surface area contributed by atoms with Crippen molar-refractivity contribution in [2.45, 2.75) is 0 Å². The second kappa shape index (κ2) is 15.0.